The molecule has 0 unspecified atom stereocenters. The summed E-state index contributed by atoms with van der Waals surface area (Å²) >= 11 is 0. The van der Waals surface area contributed by atoms with E-state index >= 15 is 0 Å². The number of aliphatic hydroxyl groups excluding tert-OH is 2. The number of fused-ring (bicyclic) bond motifs is 2. The maximum atomic E-state index is 11.4. The number of H-pyrrole nitrogens is 2. The molecule has 228 valence electrons. The SMILES string of the molecule is CC[C@@H](NC(C)C)[C@@H](O)c1ccc2ccc(=O)[nH]c2c1O.CC[C@H](NC(C)C)[C@H](O)c1ccc2ccc(=O)[nH]c2c1O. The standard InChI is InChI=1S/2C16H22N2O3/c2*1-4-12(17-9(2)3)15(20)11-7-5-10-6-8-13(19)18-14(10)16(11)21/h2*5-9,12,15,17,20-21H,4H2,1-3H3,(H,18,19)/t2*12-,15+/m10/s1. The van der Waals surface area contributed by atoms with Gasteiger partial charge in [-0.05, 0) is 25.0 Å². The third-order valence-electron chi connectivity index (χ3n) is 7.18. The van der Waals surface area contributed by atoms with Crippen molar-refractivity contribution in [2.75, 3.05) is 0 Å². The lowest BCUT2D eigenvalue weighted by Gasteiger charge is -2.26. The molecule has 0 aliphatic rings. The van der Waals surface area contributed by atoms with E-state index in [1.54, 1.807) is 36.4 Å². The van der Waals surface area contributed by atoms with Crippen LogP contribution in [0.4, 0.5) is 0 Å². The number of hydrogen-bond donors (Lipinski definition) is 8. The third kappa shape index (κ3) is 7.77. The number of rotatable bonds is 10. The van der Waals surface area contributed by atoms with E-state index in [-0.39, 0.29) is 46.8 Å². The molecule has 2 heterocycles. The number of aromatic hydroxyl groups is 2. The van der Waals surface area contributed by atoms with Crippen molar-refractivity contribution in [1.82, 2.24) is 20.6 Å². The summed E-state index contributed by atoms with van der Waals surface area (Å²) in [6, 6.07) is 13.2. The number of benzene rings is 2. The van der Waals surface area contributed by atoms with E-state index in [2.05, 4.69) is 20.6 Å². The molecule has 4 atom stereocenters. The zero-order valence-corrected chi connectivity index (χ0v) is 25.1. The van der Waals surface area contributed by atoms with Gasteiger partial charge < -0.3 is 41.0 Å². The van der Waals surface area contributed by atoms with Crippen LogP contribution in [-0.2, 0) is 0 Å². The van der Waals surface area contributed by atoms with E-state index < -0.39 is 12.2 Å². The third-order valence-corrected chi connectivity index (χ3v) is 7.18. The zero-order chi connectivity index (χ0) is 31.1. The highest BCUT2D eigenvalue weighted by Gasteiger charge is 2.25. The fourth-order valence-corrected chi connectivity index (χ4v) is 5.08. The van der Waals surface area contributed by atoms with Crippen LogP contribution in [-0.4, -0.2) is 54.6 Å². The Labute approximate surface area is 245 Å². The van der Waals surface area contributed by atoms with Gasteiger partial charge in [-0.3, -0.25) is 9.59 Å². The van der Waals surface area contributed by atoms with Crippen LogP contribution in [0.2, 0.25) is 0 Å². The van der Waals surface area contributed by atoms with Gasteiger partial charge in [0.25, 0.3) is 0 Å². The summed E-state index contributed by atoms with van der Waals surface area (Å²) in [4.78, 5) is 28.0. The van der Waals surface area contributed by atoms with Crippen LogP contribution in [0.1, 0.15) is 77.7 Å². The molecule has 42 heavy (non-hydrogen) atoms. The average Bonchev–Trinajstić information content (AvgIpc) is 2.95. The Morgan fingerprint density at radius 1 is 0.619 bits per heavy atom. The van der Waals surface area contributed by atoms with E-state index in [9.17, 15) is 30.0 Å². The maximum Gasteiger partial charge on any atom is 0.248 e. The summed E-state index contributed by atoms with van der Waals surface area (Å²) in [5.41, 5.74) is 0.999. The second-order valence-electron chi connectivity index (χ2n) is 11.1. The van der Waals surface area contributed by atoms with Crippen LogP contribution >= 0.6 is 0 Å². The number of aromatic nitrogens is 2. The summed E-state index contributed by atoms with van der Waals surface area (Å²) in [6.07, 6.45) is -0.236. The molecule has 0 bridgehead atoms. The molecule has 0 aliphatic heterocycles. The minimum atomic E-state index is -0.842. The zero-order valence-electron chi connectivity index (χ0n) is 25.1. The molecule has 0 spiro atoms. The van der Waals surface area contributed by atoms with Gasteiger partial charge in [-0.1, -0.05) is 65.8 Å². The molecule has 0 radical (unpaired) electrons. The van der Waals surface area contributed by atoms with Gasteiger partial charge in [-0.25, -0.2) is 0 Å². The quantitative estimate of drug-likeness (QED) is 0.139. The van der Waals surface area contributed by atoms with Crippen molar-refractivity contribution in [3.8, 4) is 11.5 Å². The highest BCUT2D eigenvalue weighted by atomic mass is 16.3. The Hall–Kier alpha value is -3.70. The summed E-state index contributed by atoms with van der Waals surface area (Å²) in [6.45, 7) is 12.0. The van der Waals surface area contributed by atoms with Gasteiger partial charge in [-0.2, -0.15) is 0 Å². The Morgan fingerprint density at radius 3 is 1.26 bits per heavy atom. The van der Waals surface area contributed by atoms with Crippen molar-refractivity contribution >= 4 is 21.8 Å². The van der Waals surface area contributed by atoms with Crippen molar-refractivity contribution in [3.63, 3.8) is 0 Å². The predicted molar refractivity (Wildman–Crippen MR) is 167 cm³/mol. The van der Waals surface area contributed by atoms with E-state index in [1.807, 2.05) is 41.5 Å². The largest absolute Gasteiger partial charge is 0.505 e. The van der Waals surface area contributed by atoms with E-state index in [4.69, 9.17) is 0 Å². The van der Waals surface area contributed by atoms with Crippen LogP contribution in [0.25, 0.3) is 21.8 Å². The molecule has 10 nitrogen and oxygen atoms in total. The molecular formula is C32H44N4O6. The lowest BCUT2D eigenvalue weighted by molar-refractivity contribution is 0.119. The van der Waals surface area contributed by atoms with Crippen LogP contribution in [0.15, 0.2) is 58.1 Å². The summed E-state index contributed by atoms with van der Waals surface area (Å²) in [5.74, 6) is -0.136. The molecule has 0 saturated carbocycles. The Balaban J connectivity index is 0.000000230. The smallest absolute Gasteiger partial charge is 0.248 e. The van der Waals surface area contributed by atoms with Crippen LogP contribution < -0.4 is 21.8 Å². The summed E-state index contributed by atoms with van der Waals surface area (Å²) in [5, 5.41) is 49.8. The van der Waals surface area contributed by atoms with Crippen molar-refractivity contribution in [2.45, 2.75) is 90.8 Å². The summed E-state index contributed by atoms with van der Waals surface area (Å²) in [7, 11) is 0. The fourth-order valence-electron chi connectivity index (χ4n) is 5.08. The second-order valence-corrected chi connectivity index (χ2v) is 11.1. The van der Waals surface area contributed by atoms with Crippen LogP contribution in [0.5, 0.6) is 11.5 Å². The lowest BCUT2D eigenvalue weighted by atomic mass is 9.97. The molecular weight excluding hydrogens is 536 g/mol. The van der Waals surface area contributed by atoms with Gasteiger partial charge >= 0.3 is 0 Å². The predicted octanol–water partition coefficient (Wildman–Crippen LogP) is 4.09. The number of pyridine rings is 2. The normalized spacial score (nSPS) is 14.5. The summed E-state index contributed by atoms with van der Waals surface area (Å²) < 4.78 is 0. The van der Waals surface area contributed by atoms with E-state index in [1.165, 1.54) is 12.1 Å². The second kappa shape index (κ2) is 14.5. The van der Waals surface area contributed by atoms with Gasteiger partial charge in [0.05, 0.1) is 23.2 Å². The first-order chi connectivity index (χ1) is 19.9. The molecule has 2 aromatic carbocycles. The highest BCUT2D eigenvalue weighted by molar-refractivity contribution is 5.86. The first-order valence-electron chi connectivity index (χ1n) is 14.5. The molecule has 0 amide bonds. The minimum Gasteiger partial charge on any atom is -0.505 e. The van der Waals surface area contributed by atoms with E-state index in [0.717, 1.165) is 23.6 Å². The van der Waals surface area contributed by atoms with Gasteiger partial charge in [0.2, 0.25) is 11.1 Å². The molecule has 4 rings (SSSR count). The number of aromatic amines is 2. The van der Waals surface area contributed by atoms with Gasteiger partial charge in [0.1, 0.15) is 11.5 Å². The maximum absolute atomic E-state index is 11.4. The Bertz CT molecular complexity index is 1480. The van der Waals surface area contributed by atoms with Gasteiger partial charge in [0.15, 0.2) is 0 Å². The lowest BCUT2D eigenvalue weighted by Crippen LogP contribution is -2.38. The van der Waals surface area contributed by atoms with Crippen LogP contribution in [0.3, 0.4) is 0 Å². The van der Waals surface area contributed by atoms with Gasteiger partial charge in [-0.15, -0.1) is 0 Å². The number of aliphatic hydroxyl groups is 2. The molecule has 10 heteroatoms. The van der Waals surface area contributed by atoms with Crippen molar-refractivity contribution < 1.29 is 20.4 Å². The molecule has 2 aromatic heterocycles. The topological polar surface area (TPSA) is 171 Å². The molecule has 4 aromatic rings. The minimum absolute atomic E-state index is 0.0679. The number of hydrogen-bond acceptors (Lipinski definition) is 8. The average molecular weight is 581 g/mol. The fraction of sp³-hybridized carbons (Fsp3) is 0.438. The number of phenols is 2. The molecule has 0 saturated heterocycles. The van der Waals surface area contributed by atoms with Crippen molar-refractivity contribution in [3.05, 3.63) is 80.4 Å². The highest BCUT2D eigenvalue weighted by Crippen LogP contribution is 2.34. The monoisotopic (exact) mass is 580 g/mol. The first-order valence-corrected chi connectivity index (χ1v) is 14.5. The first kappa shape index (κ1) is 32.8. The van der Waals surface area contributed by atoms with E-state index in [0.29, 0.717) is 22.2 Å². The Kier molecular flexibility index (Phi) is 11.3. The number of nitrogens with one attached hydrogen (secondary N) is 4. The van der Waals surface area contributed by atoms with Crippen LogP contribution in [0, 0.1) is 0 Å². The number of phenolic OH excluding ortho intramolecular Hbond substituents is 2. The Morgan fingerprint density at radius 2 is 0.952 bits per heavy atom. The molecule has 0 aliphatic carbocycles. The molecule has 8 N–H and O–H groups in total. The molecule has 0 fully saturated rings. The van der Waals surface area contributed by atoms with Crippen molar-refractivity contribution in [1.29, 1.82) is 0 Å². The van der Waals surface area contributed by atoms with Gasteiger partial charge in [0, 0.05) is 58.2 Å². The van der Waals surface area contributed by atoms with Crippen molar-refractivity contribution in [2.24, 2.45) is 0 Å².